The number of piperidine rings is 1. The summed E-state index contributed by atoms with van der Waals surface area (Å²) in [6.07, 6.45) is 0.221. The minimum atomic E-state index is -0.993. The largest absolute Gasteiger partial charge is 0.501 e. The van der Waals surface area contributed by atoms with Crippen LogP contribution in [0.3, 0.4) is 0 Å². The molecule has 198 valence electrons. The first-order chi connectivity index (χ1) is 18.4. The fourth-order valence-electron chi connectivity index (χ4n) is 4.75. The average Bonchev–Trinajstić information content (AvgIpc) is 2.94. The molecule has 11 heteroatoms. The summed E-state index contributed by atoms with van der Waals surface area (Å²) in [6, 6.07) is 15.0. The summed E-state index contributed by atoms with van der Waals surface area (Å²) >= 11 is 0. The Labute approximate surface area is 217 Å². The molecule has 0 atom stereocenters. The van der Waals surface area contributed by atoms with Gasteiger partial charge in [0.15, 0.2) is 5.69 Å². The molecule has 5 rings (SSSR count). The van der Waals surface area contributed by atoms with Gasteiger partial charge in [0.05, 0.1) is 13.2 Å². The van der Waals surface area contributed by atoms with Crippen molar-refractivity contribution in [1.82, 2.24) is 19.8 Å². The van der Waals surface area contributed by atoms with Crippen molar-refractivity contribution in [1.29, 1.82) is 0 Å². The van der Waals surface area contributed by atoms with Crippen LogP contribution in [0.25, 0.3) is 0 Å². The van der Waals surface area contributed by atoms with E-state index in [0.29, 0.717) is 31.5 Å². The normalized spacial score (nSPS) is 16.1. The molecule has 2 N–H and O–H groups in total. The lowest BCUT2D eigenvalue weighted by atomic mass is 9.89. The summed E-state index contributed by atoms with van der Waals surface area (Å²) in [4.78, 5) is 44.5. The zero-order chi connectivity index (χ0) is 26.7. The number of benzene rings is 2. The van der Waals surface area contributed by atoms with Crippen molar-refractivity contribution in [3.8, 4) is 5.75 Å². The number of hydrogen-bond acceptors (Lipinski definition) is 7. The molecule has 0 radical (unpaired) electrons. The third kappa shape index (κ3) is 5.10. The highest BCUT2D eigenvalue weighted by Crippen LogP contribution is 2.38. The first-order valence-electron chi connectivity index (χ1n) is 12.3. The van der Waals surface area contributed by atoms with Gasteiger partial charge in [-0.15, -0.1) is 0 Å². The van der Waals surface area contributed by atoms with Gasteiger partial charge in [-0.05, 0) is 23.3 Å². The van der Waals surface area contributed by atoms with Crippen LogP contribution < -0.4 is 10.9 Å². The summed E-state index contributed by atoms with van der Waals surface area (Å²) in [5.41, 5.74) is -0.604. The highest BCUT2D eigenvalue weighted by atomic mass is 19.1. The minimum Gasteiger partial charge on any atom is -0.501 e. The Morgan fingerprint density at radius 1 is 1.05 bits per heavy atom. The number of nitrogens with one attached hydrogen (secondary N) is 1. The zero-order valence-electron chi connectivity index (χ0n) is 20.6. The van der Waals surface area contributed by atoms with E-state index in [1.54, 1.807) is 4.90 Å². The van der Waals surface area contributed by atoms with Crippen molar-refractivity contribution in [2.45, 2.75) is 38.1 Å². The SMILES string of the molecule is O=C(NCc1ccc(F)cc1)c1nc2n(c(=O)c1O)CCOC21CCN(C(=O)OCc2ccccc2)CC1. The maximum atomic E-state index is 13.2. The lowest BCUT2D eigenvalue weighted by molar-refractivity contribution is -0.115. The molecule has 0 bridgehead atoms. The lowest BCUT2D eigenvalue weighted by Crippen LogP contribution is -2.52. The highest BCUT2D eigenvalue weighted by Gasteiger charge is 2.45. The van der Waals surface area contributed by atoms with Crippen molar-refractivity contribution in [3.63, 3.8) is 0 Å². The number of likely N-dealkylation sites (tertiary alicyclic amines) is 1. The maximum absolute atomic E-state index is 13.2. The van der Waals surface area contributed by atoms with E-state index >= 15 is 0 Å². The Kier molecular flexibility index (Phi) is 7.10. The van der Waals surface area contributed by atoms with Gasteiger partial charge < -0.3 is 24.8 Å². The van der Waals surface area contributed by atoms with Gasteiger partial charge in [-0.3, -0.25) is 14.2 Å². The third-order valence-corrected chi connectivity index (χ3v) is 6.86. The van der Waals surface area contributed by atoms with E-state index < -0.39 is 40.4 Å². The molecular weight excluding hydrogens is 495 g/mol. The van der Waals surface area contributed by atoms with E-state index in [9.17, 15) is 23.9 Å². The molecule has 1 saturated heterocycles. The van der Waals surface area contributed by atoms with E-state index in [2.05, 4.69) is 10.3 Å². The van der Waals surface area contributed by atoms with Crippen LogP contribution in [-0.2, 0) is 34.8 Å². The number of carbonyl (C=O) groups is 2. The monoisotopic (exact) mass is 522 g/mol. The molecule has 0 saturated carbocycles. The first-order valence-corrected chi connectivity index (χ1v) is 12.3. The Balaban J connectivity index is 1.30. The van der Waals surface area contributed by atoms with Crippen LogP contribution in [0.1, 0.15) is 40.3 Å². The number of carbonyl (C=O) groups excluding carboxylic acids is 2. The molecule has 1 aromatic heterocycles. The number of amides is 2. The van der Waals surface area contributed by atoms with Crippen LogP contribution in [0.2, 0.25) is 0 Å². The average molecular weight is 523 g/mol. The molecule has 2 amide bonds. The quantitative estimate of drug-likeness (QED) is 0.528. The first kappa shape index (κ1) is 25.4. The number of halogens is 1. The number of ether oxygens (including phenoxy) is 2. The van der Waals surface area contributed by atoms with E-state index in [1.807, 2.05) is 30.3 Å². The van der Waals surface area contributed by atoms with Gasteiger partial charge >= 0.3 is 6.09 Å². The topological polar surface area (TPSA) is 123 Å². The molecular formula is C27H27FN4O6. The number of rotatable bonds is 5. The maximum Gasteiger partial charge on any atom is 0.410 e. The third-order valence-electron chi connectivity index (χ3n) is 6.86. The minimum absolute atomic E-state index is 0.0559. The smallest absolute Gasteiger partial charge is 0.410 e. The fourth-order valence-corrected chi connectivity index (χ4v) is 4.75. The van der Waals surface area contributed by atoms with E-state index in [1.165, 1.54) is 28.8 Å². The van der Waals surface area contributed by atoms with E-state index in [4.69, 9.17) is 9.47 Å². The standard InChI is InChI=1S/C27H27FN4O6/c28-20-8-6-18(7-9-20)16-29-23(34)21-22(33)24(35)32-14-15-38-27(25(32)30-21)10-12-31(13-11-27)26(36)37-17-19-4-2-1-3-5-19/h1-9,33H,10-17H2,(H,29,34). The van der Waals surface area contributed by atoms with Crippen molar-refractivity contribution < 1.29 is 28.6 Å². The summed E-state index contributed by atoms with van der Waals surface area (Å²) in [5.74, 6) is -1.64. The number of nitrogens with zero attached hydrogens (tertiary/aromatic N) is 3. The number of hydrogen-bond donors (Lipinski definition) is 2. The Bertz CT molecular complexity index is 1390. The van der Waals surface area contributed by atoms with Gasteiger partial charge in [0.2, 0.25) is 5.75 Å². The number of aromatic nitrogens is 2. The van der Waals surface area contributed by atoms with Crippen LogP contribution in [-0.4, -0.2) is 51.3 Å². The number of aromatic hydroxyl groups is 1. The van der Waals surface area contributed by atoms with E-state index in [-0.39, 0.29) is 32.1 Å². The van der Waals surface area contributed by atoms with Crippen molar-refractivity contribution in [3.05, 3.63) is 93.4 Å². The predicted octanol–water partition coefficient (Wildman–Crippen LogP) is 2.68. The molecule has 38 heavy (non-hydrogen) atoms. The Morgan fingerprint density at radius 2 is 1.76 bits per heavy atom. The number of fused-ring (bicyclic) bond motifs is 2. The van der Waals surface area contributed by atoms with Crippen LogP contribution >= 0.6 is 0 Å². The zero-order valence-corrected chi connectivity index (χ0v) is 20.6. The van der Waals surface area contributed by atoms with Crippen molar-refractivity contribution >= 4 is 12.0 Å². The summed E-state index contributed by atoms with van der Waals surface area (Å²) in [7, 11) is 0. The Morgan fingerprint density at radius 3 is 2.47 bits per heavy atom. The van der Waals surface area contributed by atoms with Crippen LogP contribution in [0.4, 0.5) is 9.18 Å². The van der Waals surface area contributed by atoms with Gasteiger partial charge in [-0.25, -0.2) is 14.2 Å². The molecule has 3 aromatic rings. The molecule has 2 aromatic carbocycles. The fraction of sp³-hybridized carbons (Fsp3) is 0.333. The van der Waals surface area contributed by atoms with Crippen LogP contribution in [0.15, 0.2) is 59.4 Å². The molecule has 1 fully saturated rings. The van der Waals surface area contributed by atoms with Crippen molar-refractivity contribution in [2.24, 2.45) is 0 Å². The van der Waals surface area contributed by atoms with Gasteiger partial charge in [0.25, 0.3) is 11.5 Å². The Hall–Kier alpha value is -4.25. The summed E-state index contributed by atoms with van der Waals surface area (Å²) < 4.78 is 26.0. The van der Waals surface area contributed by atoms with Crippen molar-refractivity contribution in [2.75, 3.05) is 19.7 Å². The molecule has 1 spiro atoms. The van der Waals surface area contributed by atoms with Gasteiger partial charge in [0, 0.05) is 32.5 Å². The van der Waals surface area contributed by atoms with E-state index in [0.717, 1.165) is 5.56 Å². The van der Waals surface area contributed by atoms with Crippen LogP contribution in [0, 0.1) is 5.82 Å². The lowest BCUT2D eigenvalue weighted by Gasteiger charge is -2.43. The highest BCUT2D eigenvalue weighted by molar-refractivity contribution is 5.94. The summed E-state index contributed by atoms with van der Waals surface area (Å²) in [6.45, 7) is 1.22. The molecule has 2 aliphatic heterocycles. The molecule has 10 nitrogen and oxygen atoms in total. The predicted molar refractivity (Wildman–Crippen MR) is 133 cm³/mol. The second-order valence-electron chi connectivity index (χ2n) is 9.27. The molecule has 0 aliphatic carbocycles. The second-order valence-corrected chi connectivity index (χ2v) is 9.27. The summed E-state index contributed by atoms with van der Waals surface area (Å²) in [5, 5.41) is 13.1. The van der Waals surface area contributed by atoms with Gasteiger partial charge in [-0.1, -0.05) is 42.5 Å². The molecule has 0 unspecified atom stereocenters. The van der Waals surface area contributed by atoms with Gasteiger partial charge in [0.1, 0.15) is 23.8 Å². The second kappa shape index (κ2) is 10.6. The van der Waals surface area contributed by atoms with Gasteiger partial charge in [-0.2, -0.15) is 0 Å². The molecule has 2 aliphatic rings. The van der Waals surface area contributed by atoms with Crippen LogP contribution in [0.5, 0.6) is 5.75 Å². The molecule has 3 heterocycles.